The van der Waals surface area contributed by atoms with Gasteiger partial charge in [0.05, 0.1) is 32.6 Å². The quantitative estimate of drug-likeness (QED) is 0.644. The highest BCUT2D eigenvalue weighted by atomic mass is 16.5. The lowest BCUT2D eigenvalue weighted by Gasteiger charge is -2.19. The Morgan fingerprint density at radius 3 is 2.95 bits per heavy atom. The van der Waals surface area contributed by atoms with Gasteiger partial charge >= 0.3 is 0 Å². The summed E-state index contributed by atoms with van der Waals surface area (Å²) >= 11 is 0. The van der Waals surface area contributed by atoms with Crippen molar-refractivity contribution in [3.8, 4) is 5.75 Å². The number of methoxy groups -OCH3 is 1. The first-order valence-corrected chi connectivity index (χ1v) is 7.03. The first kappa shape index (κ1) is 14.1. The highest BCUT2D eigenvalue weighted by Gasteiger charge is 2.23. The molecule has 0 aliphatic carbocycles. The van der Waals surface area contributed by atoms with E-state index in [0.717, 1.165) is 23.6 Å². The van der Waals surface area contributed by atoms with Crippen LogP contribution >= 0.6 is 0 Å². The fourth-order valence-electron chi connectivity index (χ4n) is 2.78. The lowest BCUT2D eigenvalue weighted by molar-refractivity contribution is 0.134. The van der Waals surface area contributed by atoms with Crippen molar-refractivity contribution in [2.75, 3.05) is 7.11 Å². The Bertz CT molecular complexity index is 617. The molecule has 1 unspecified atom stereocenters. The van der Waals surface area contributed by atoms with Crippen molar-refractivity contribution in [1.82, 2.24) is 15.2 Å². The van der Waals surface area contributed by atoms with Crippen molar-refractivity contribution in [2.45, 2.75) is 32.7 Å². The Labute approximate surface area is 123 Å². The van der Waals surface area contributed by atoms with Crippen LogP contribution < -0.4 is 16.0 Å². The van der Waals surface area contributed by atoms with Gasteiger partial charge in [0, 0.05) is 6.54 Å². The largest absolute Gasteiger partial charge is 0.493 e. The van der Waals surface area contributed by atoms with Gasteiger partial charge in [0.25, 0.3) is 0 Å². The van der Waals surface area contributed by atoms with Gasteiger partial charge in [0.2, 0.25) is 0 Å². The number of benzene rings is 1. The average molecular weight is 288 g/mol. The van der Waals surface area contributed by atoms with E-state index in [0.29, 0.717) is 13.2 Å². The van der Waals surface area contributed by atoms with E-state index in [2.05, 4.69) is 28.7 Å². The molecule has 3 rings (SSSR count). The monoisotopic (exact) mass is 288 g/mol. The fraction of sp³-hybridized carbons (Fsp3) is 0.400. The maximum Gasteiger partial charge on any atom is 0.161 e. The molecule has 3 N–H and O–H groups in total. The molecule has 1 aromatic carbocycles. The number of rotatable bonds is 5. The van der Waals surface area contributed by atoms with Crippen molar-refractivity contribution in [2.24, 2.45) is 5.84 Å². The third kappa shape index (κ3) is 2.42. The zero-order valence-corrected chi connectivity index (χ0v) is 12.3. The van der Waals surface area contributed by atoms with E-state index in [1.165, 1.54) is 11.1 Å². The Morgan fingerprint density at radius 1 is 1.43 bits per heavy atom. The maximum atomic E-state index is 5.81. The van der Waals surface area contributed by atoms with Crippen molar-refractivity contribution in [3.63, 3.8) is 0 Å². The summed E-state index contributed by atoms with van der Waals surface area (Å²) in [4.78, 5) is 0. The summed E-state index contributed by atoms with van der Waals surface area (Å²) in [7, 11) is 1.64. The molecule has 1 aromatic heterocycles. The molecule has 112 valence electrons. The molecule has 0 bridgehead atoms. The molecule has 0 saturated heterocycles. The van der Waals surface area contributed by atoms with Crippen LogP contribution in [0.25, 0.3) is 0 Å². The Balaban J connectivity index is 2.04. The van der Waals surface area contributed by atoms with E-state index >= 15 is 0 Å². The van der Waals surface area contributed by atoms with Crippen LogP contribution in [0.15, 0.2) is 24.4 Å². The minimum atomic E-state index is -0.173. The van der Waals surface area contributed by atoms with Crippen LogP contribution in [0.5, 0.6) is 5.75 Å². The van der Waals surface area contributed by atoms with Crippen LogP contribution in [-0.2, 0) is 24.5 Å². The van der Waals surface area contributed by atoms with E-state index in [1.54, 1.807) is 13.3 Å². The number of aromatic nitrogens is 2. The molecule has 1 aliphatic rings. The summed E-state index contributed by atoms with van der Waals surface area (Å²) in [6, 6.07) is 6.14. The van der Waals surface area contributed by atoms with Crippen molar-refractivity contribution >= 4 is 0 Å². The van der Waals surface area contributed by atoms with Crippen LogP contribution in [0.3, 0.4) is 0 Å². The summed E-state index contributed by atoms with van der Waals surface area (Å²) in [6.45, 7) is 4.14. The second-order valence-corrected chi connectivity index (χ2v) is 5.03. The van der Waals surface area contributed by atoms with Gasteiger partial charge in [-0.2, -0.15) is 5.10 Å². The second kappa shape index (κ2) is 5.85. The number of aryl methyl sites for hydroxylation is 1. The molecule has 0 spiro atoms. The Kier molecular flexibility index (Phi) is 3.92. The molecular weight excluding hydrogens is 268 g/mol. The van der Waals surface area contributed by atoms with Crippen molar-refractivity contribution < 1.29 is 9.47 Å². The maximum absolute atomic E-state index is 5.81. The summed E-state index contributed by atoms with van der Waals surface area (Å²) in [5.41, 5.74) is 7.35. The number of fused-ring (bicyclic) bond motifs is 1. The number of nitrogens with one attached hydrogen (secondary N) is 1. The van der Waals surface area contributed by atoms with Gasteiger partial charge in [-0.1, -0.05) is 18.2 Å². The topological polar surface area (TPSA) is 74.3 Å². The fourth-order valence-corrected chi connectivity index (χ4v) is 2.78. The first-order valence-electron chi connectivity index (χ1n) is 7.03. The molecule has 0 saturated carbocycles. The van der Waals surface area contributed by atoms with Crippen LogP contribution in [0.4, 0.5) is 0 Å². The standard InChI is InChI=1S/C15H20N4O2/c1-3-19-15(13(20-2)7-17-19)14(18-16)10-4-5-11-8-21-9-12(11)6-10/h4-7,14,18H,3,8-9,16H2,1-2H3. The predicted molar refractivity (Wildman–Crippen MR) is 78.6 cm³/mol. The number of ether oxygens (including phenoxy) is 2. The van der Waals surface area contributed by atoms with Crippen molar-refractivity contribution in [1.29, 1.82) is 0 Å². The number of hydrogen-bond donors (Lipinski definition) is 2. The highest BCUT2D eigenvalue weighted by Crippen LogP contribution is 2.31. The molecule has 0 radical (unpaired) electrons. The minimum absolute atomic E-state index is 0.173. The molecule has 0 fully saturated rings. The zero-order chi connectivity index (χ0) is 14.8. The number of hydrazine groups is 1. The molecule has 1 aliphatic heterocycles. The van der Waals surface area contributed by atoms with Gasteiger partial charge in [-0.3, -0.25) is 10.5 Å². The molecule has 2 heterocycles. The van der Waals surface area contributed by atoms with Gasteiger partial charge in [-0.05, 0) is 23.6 Å². The van der Waals surface area contributed by atoms with Gasteiger partial charge in [0.1, 0.15) is 5.69 Å². The van der Waals surface area contributed by atoms with E-state index in [1.807, 2.05) is 11.6 Å². The molecule has 21 heavy (non-hydrogen) atoms. The minimum Gasteiger partial charge on any atom is -0.493 e. The van der Waals surface area contributed by atoms with Crippen LogP contribution in [-0.4, -0.2) is 16.9 Å². The molecule has 2 aromatic rings. The molecule has 0 amide bonds. The summed E-state index contributed by atoms with van der Waals surface area (Å²) in [6.07, 6.45) is 1.72. The highest BCUT2D eigenvalue weighted by molar-refractivity contribution is 5.40. The molecular formula is C15H20N4O2. The summed E-state index contributed by atoms with van der Waals surface area (Å²) in [5.74, 6) is 6.54. The number of hydrogen-bond acceptors (Lipinski definition) is 5. The van der Waals surface area contributed by atoms with E-state index in [4.69, 9.17) is 15.3 Å². The average Bonchev–Trinajstić information content (AvgIpc) is 3.13. The summed E-state index contributed by atoms with van der Waals surface area (Å²) < 4.78 is 12.8. The van der Waals surface area contributed by atoms with E-state index in [-0.39, 0.29) is 6.04 Å². The predicted octanol–water partition coefficient (Wildman–Crippen LogP) is 1.49. The summed E-state index contributed by atoms with van der Waals surface area (Å²) in [5, 5.41) is 4.34. The second-order valence-electron chi connectivity index (χ2n) is 5.03. The van der Waals surface area contributed by atoms with E-state index < -0.39 is 0 Å². The lowest BCUT2D eigenvalue weighted by Crippen LogP contribution is -2.31. The lowest BCUT2D eigenvalue weighted by atomic mass is 9.99. The third-order valence-electron chi connectivity index (χ3n) is 3.88. The first-order chi connectivity index (χ1) is 10.3. The molecule has 6 heteroatoms. The molecule has 6 nitrogen and oxygen atoms in total. The van der Waals surface area contributed by atoms with Gasteiger partial charge < -0.3 is 9.47 Å². The Hall–Kier alpha value is -1.89. The van der Waals surface area contributed by atoms with E-state index in [9.17, 15) is 0 Å². The Morgan fingerprint density at radius 2 is 2.24 bits per heavy atom. The number of nitrogens with two attached hydrogens (primary N) is 1. The van der Waals surface area contributed by atoms with Gasteiger partial charge in [-0.15, -0.1) is 0 Å². The zero-order valence-electron chi connectivity index (χ0n) is 12.3. The van der Waals surface area contributed by atoms with Crippen LogP contribution in [0.1, 0.15) is 35.3 Å². The van der Waals surface area contributed by atoms with Gasteiger partial charge in [-0.25, -0.2) is 5.43 Å². The number of nitrogens with zero attached hydrogens (tertiary/aromatic N) is 2. The smallest absolute Gasteiger partial charge is 0.161 e. The third-order valence-corrected chi connectivity index (χ3v) is 3.88. The SMILES string of the molecule is CCn1ncc(OC)c1C(NN)c1ccc2c(c1)COC2. The molecule has 1 atom stereocenters. The van der Waals surface area contributed by atoms with Crippen LogP contribution in [0, 0.1) is 0 Å². The van der Waals surface area contributed by atoms with Crippen LogP contribution in [0.2, 0.25) is 0 Å². The van der Waals surface area contributed by atoms with Gasteiger partial charge in [0.15, 0.2) is 5.75 Å². The van der Waals surface area contributed by atoms with Crippen molar-refractivity contribution in [3.05, 3.63) is 46.8 Å². The normalized spacial score (nSPS) is 15.0.